The van der Waals surface area contributed by atoms with Crippen molar-refractivity contribution >= 4 is 22.7 Å². The van der Waals surface area contributed by atoms with Gasteiger partial charge in [-0.3, -0.25) is 13.9 Å². The highest BCUT2D eigenvalue weighted by Crippen LogP contribution is 2.29. The highest BCUT2D eigenvalue weighted by molar-refractivity contribution is 7.98. The van der Waals surface area contributed by atoms with Crippen molar-refractivity contribution in [3.8, 4) is 17.1 Å². The van der Waals surface area contributed by atoms with E-state index < -0.39 is 0 Å². The molecule has 0 saturated carbocycles. The van der Waals surface area contributed by atoms with E-state index in [2.05, 4.69) is 15.2 Å². The molecule has 0 unspecified atom stereocenters. The molecule has 2 aromatic heterocycles. The smallest absolute Gasteiger partial charge is 0.261 e. The molecule has 0 saturated heterocycles. The minimum absolute atomic E-state index is 0.0869. The molecule has 2 heterocycles. The Hall–Kier alpha value is -3.78. The second-order valence-corrected chi connectivity index (χ2v) is 8.12. The van der Waals surface area contributed by atoms with Gasteiger partial charge in [-0.1, -0.05) is 54.2 Å². The van der Waals surface area contributed by atoms with Gasteiger partial charge in [0.05, 0.1) is 16.7 Å². The van der Waals surface area contributed by atoms with Crippen molar-refractivity contribution in [1.82, 2.24) is 24.3 Å². The Balaban J connectivity index is 1.55. The first kappa shape index (κ1) is 20.1. The van der Waals surface area contributed by atoms with Crippen LogP contribution in [0.4, 0.5) is 4.39 Å². The number of halogens is 1. The summed E-state index contributed by atoms with van der Waals surface area (Å²) in [6.07, 6.45) is 0. The number of benzene rings is 3. The van der Waals surface area contributed by atoms with Gasteiger partial charge in [-0.05, 0) is 36.4 Å². The molecule has 3 aromatic carbocycles. The standard InChI is InChI=1S/C24H18FN5OS/c1-29-21(26-20-10-6-5-9-19(20)23(29)31)15-32-24-28-27-22(16-7-3-2-4-8-16)30(24)18-13-11-17(25)12-14-18/h2-14H,15H2,1H3. The maximum atomic E-state index is 13.5. The first-order valence-corrected chi connectivity index (χ1v) is 10.9. The average Bonchev–Trinajstić information content (AvgIpc) is 3.25. The van der Waals surface area contributed by atoms with Gasteiger partial charge in [0.1, 0.15) is 11.6 Å². The Kier molecular flexibility index (Phi) is 5.28. The first-order chi connectivity index (χ1) is 15.6. The van der Waals surface area contributed by atoms with Crippen LogP contribution in [0.5, 0.6) is 0 Å². The van der Waals surface area contributed by atoms with Gasteiger partial charge in [0.15, 0.2) is 11.0 Å². The molecule has 0 aliphatic carbocycles. The topological polar surface area (TPSA) is 65.6 Å². The van der Waals surface area contributed by atoms with Crippen molar-refractivity contribution in [3.05, 3.63) is 101 Å². The molecule has 0 atom stereocenters. The largest absolute Gasteiger partial charge is 0.299 e. The average molecular weight is 444 g/mol. The lowest BCUT2D eigenvalue weighted by atomic mass is 10.2. The van der Waals surface area contributed by atoms with Crippen LogP contribution in [0.1, 0.15) is 5.82 Å². The fourth-order valence-corrected chi connectivity index (χ4v) is 4.42. The van der Waals surface area contributed by atoms with Gasteiger partial charge in [0.25, 0.3) is 5.56 Å². The molecule has 0 N–H and O–H groups in total. The number of para-hydroxylation sites is 1. The molecular weight excluding hydrogens is 425 g/mol. The zero-order chi connectivity index (χ0) is 22.1. The summed E-state index contributed by atoms with van der Waals surface area (Å²) in [5.74, 6) is 1.39. The zero-order valence-corrected chi connectivity index (χ0v) is 18.0. The molecule has 0 radical (unpaired) electrons. The Morgan fingerprint density at radius 1 is 0.906 bits per heavy atom. The van der Waals surface area contributed by atoms with Gasteiger partial charge in [-0.2, -0.15) is 0 Å². The van der Waals surface area contributed by atoms with Crippen LogP contribution in [0.3, 0.4) is 0 Å². The predicted molar refractivity (Wildman–Crippen MR) is 123 cm³/mol. The monoisotopic (exact) mass is 443 g/mol. The molecule has 0 spiro atoms. The van der Waals surface area contributed by atoms with Gasteiger partial charge in [-0.25, -0.2) is 9.37 Å². The maximum Gasteiger partial charge on any atom is 0.261 e. The summed E-state index contributed by atoms with van der Waals surface area (Å²) in [5, 5.41) is 10.00. The highest BCUT2D eigenvalue weighted by atomic mass is 32.2. The summed E-state index contributed by atoms with van der Waals surface area (Å²) in [7, 11) is 1.72. The Morgan fingerprint density at radius 2 is 1.62 bits per heavy atom. The summed E-state index contributed by atoms with van der Waals surface area (Å²) >= 11 is 1.42. The molecule has 0 fully saturated rings. The minimum Gasteiger partial charge on any atom is -0.299 e. The molecule has 5 rings (SSSR count). The number of aromatic nitrogens is 5. The molecular formula is C24H18FN5OS. The summed E-state index contributed by atoms with van der Waals surface area (Å²) in [6.45, 7) is 0. The molecule has 8 heteroatoms. The van der Waals surface area contributed by atoms with Crippen molar-refractivity contribution in [1.29, 1.82) is 0 Å². The lowest BCUT2D eigenvalue weighted by Gasteiger charge is -2.12. The summed E-state index contributed by atoms with van der Waals surface area (Å²) in [5.41, 5.74) is 2.22. The number of fused-ring (bicyclic) bond motifs is 1. The molecule has 0 aliphatic rings. The van der Waals surface area contributed by atoms with Crippen molar-refractivity contribution in [2.45, 2.75) is 10.9 Å². The Morgan fingerprint density at radius 3 is 2.41 bits per heavy atom. The van der Waals surface area contributed by atoms with Crippen LogP contribution < -0.4 is 5.56 Å². The van der Waals surface area contributed by atoms with E-state index in [9.17, 15) is 9.18 Å². The van der Waals surface area contributed by atoms with Crippen LogP contribution >= 0.6 is 11.8 Å². The van der Waals surface area contributed by atoms with Crippen molar-refractivity contribution in [2.24, 2.45) is 7.05 Å². The van der Waals surface area contributed by atoms with Gasteiger partial charge in [-0.15, -0.1) is 10.2 Å². The molecule has 0 amide bonds. The predicted octanol–water partition coefficient (Wildman–Crippen LogP) is 4.61. The van der Waals surface area contributed by atoms with Gasteiger partial charge >= 0.3 is 0 Å². The van der Waals surface area contributed by atoms with Crippen LogP contribution in [0.15, 0.2) is 88.8 Å². The Labute approximate surface area is 187 Å². The normalized spacial score (nSPS) is 11.2. The third kappa shape index (κ3) is 3.69. The molecule has 0 bridgehead atoms. The van der Waals surface area contributed by atoms with Crippen molar-refractivity contribution < 1.29 is 4.39 Å². The summed E-state index contributed by atoms with van der Waals surface area (Å²) in [4.78, 5) is 17.4. The second-order valence-electron chi connectivity index (χ2n) is 7.18. The third-order valence-corrected chi connectivity index (χ3v) is 6.08. The van der Waals surface area contributed by atoms with E-state index in [0.29, 0.717) is 33.5 Å². The van der Waals surface area contributed by atoms with Crippen LogP contribution in [-0.4, -0.2) is 24.3 Å². The van der Waals surface area contributed by atoms with Crippen molar-refractivity contribution in [3.63, 3.8) is 0 Å². The second kappa shape index (κ2) is 8.39. The van der Waals surface area contributed by atoms with E-state index in [0.717, 1.165) is 11.3 Å². The van der Waals surface area contributed by atoms with E-state index in [-0.39, 0.29) is 11.4 Å². The number of hydrogen-bond acceptors (Lipinski definition) is 5. The lowest BCUT2D eigenvalue weighted by molar-refractivity contribution is 0.627. The minimum atomic E-state index is -0.312. The van der Waals surface area contributed by atoms with Gasteiger partial charge in [0.2, 0.25) is 0 Å². The molecule has 158 valence electrons. The van der Waals surface area contributed by atoms with E-state index >= 15 is 0 Å². The van der Waals surface area contributed by atoms with E-state index in [1.54, 1.807) is 29.8 Å². The third-order valence-electron chi connectivity index (χ3n) is 5.16. The fourth-order valence-electron chi connectivity index (χ4n) is 3.48. The van der Waals surface area contributed by atoms with E-state index in [1.165, 1.54) is 23.9 Å². The molecule has 6 nitrogen and oxygen atoms in total. The number of thioether (sulfide) groups is 1. The molecule has 32 heavy (non-hydrogen) atoms. The summed E-state index contributed by atoms with van der Waals surface area (Å²) < 4.78 is 17.0. The summed E-state index contributed by atoms with van der Waals surface area (Å²) in [6, 6.07) is 23.2. The quantitative estimate of drug-likeness (QED) is 0.371. The maximum absolute atomic E-state index is 13.5. The first-order valence-electron chi connectivity index (χ1n) is 9.96. The van der Waals surface area contributed by atoms with Gasteiger partial charge < -0.3 is 0 Å². The number of rotatable bonds is 5. The van der Waals surface area contributed by atoms with Crippen LogP contribution in [0, 0.1) is 5.82 Å². The van der Waals surface area contributed by atoms with Gasteiger partial charge in [0, 0.05) is 18.3 Å². The number of hydrogen-bond donors (Lipinski definition) is 0. The SMILES string of the molecule is Cn1c(CSc2nnc(-c3ccccc3)n2-c2ccc(F)cc2)nc2ccccc2c1=O. The fraction of sp³-hybridized carbons (Fsp3) is 0.0833. The Bertz CT molecular complexity index is 1460. The zero-order valence-electron chi connectivity index (χ0n) is 17.1. The lowest BCUT2D eigenvalue weighted by Crippen LogP contribution is -2.22. The van der Waals surface area contributed by atoms with Crippen LogP contribution in [0.2, 0.25) is 0 Å². The van der Waals surface area contributed by atoms with Crippen LogP contribution in [0.25, 0.3) is 28.0 Å². The van der Waals surface area contributed by atoms with Crippen molar-refractivity contribution in [2.75, 3.05) is 0 Å². The van der Waals surface area contributed by atoms with E-state index in [1.807, 2.05) is 53.1 Å². The number of nitrogens with zero attached hydrogens (tertiary/aromatic N) is 5. The molecule has 0 aliphatic heterocycles. The van der Waals surface area contributed by atoms with Crippen LogP contribution in [-0.2, 0) is 12.8 Å². The molecule has 5 aromatic rings. The van der Waals surface area contributed by atoms with E-state index in [4.69, 9.17) is 0 Å². The highest BCUT2D eigenvalue weighted by Gasteiger charge is 2.17.